The van der Waals surface area contributed by atoms with E-state index < -0.39 is 29.8 Å². The maximum atomic E-state index is 13.5. The van der Waals surface area contributed by atoms with E-state index in [1.165, 1.54) is 23.0 Å². The second-order valence-electron chi connectivity index (χ2n) is 6.56. The minimum absolute atomic E-state index is 0.0904. The van der Waals surface area contributed by atoms with Crippen molar-refractivity contribution in [1.82, 2.24) is 14.5 Å². The number of hydrogen-bond acceptors (Lipinski definition) is 6. The molecule has 0 saturated heterocycles. The van der Waals surface area contributed by atoms with Gasteiger partial charge in [-0.3, -0.25) is 4.79 Å². The zero-order chi connectivity index (χ0) is 21.0. The second kappa shape index (κ2) is 8.89. The van der Waals surface area contributed by atoms with Crippen LogP contribution in [0.2, 0.25) is 0 Å². The van der Waals surface area contributed by atoms with Crippen molar-refractivity contribution in [1.29, 1.82) is 0 Å². The van der Waals surface area contributed by atoms with E-state index >= 15 is 0 Å². The summed E-state index contributed by atoms with van der Waals surface area (Å²) in [4.78, 5) is 21.0. The summed E-state index contributed by atoms with van der Waals surface area (Å²) >= 11 is 0. The van der Waals surface area contributed by atoms with E-state index in [0.717, 1.165) is 18.2 Å². The summed E-state index contributed by atoms with van der Waals surface area (Å²) < 4.78 is 28.3. The number of anilines is 1. The van der Waals surface area contributed by atoms with Crippen LogP contribution in [0.3, 0.4) is 0 Å². The number of aromatic nitrogens is 3. The highest BCUT2D eigenvalue weighted by Crippen LogP contribution is 2.21. The lowest BCUT2D eigenvalue weighted by atomic mass is 10.1. The Kier molecular flexibility index (Phi) is 6.30. The molecule has 0 saturated carbocycles. The lowest BCUT2D eigenvalue weighted by Gasteiger charge is -2.18. The molecule has 2 aromatic heterocycles. The molecule has 3 rings (SSSR count). The molecular formula is C20H20F2N4O3. The van der Waals surface area contributed by atoms with Crippen molar-refractivity contribution < 1.29 is 19.0 Å². The second-order valence-corrected chi connectivity index (χ2v) is 6.56. The first-order valence-electron chi connectivity index (χ1n) is 8.91. The molecule has 0 bridgehead atoms. The summed E-state index contributed by atoms with van der Waals surface area (Å²) in [5.41, 5.74) is 0.666. The summed E-state index contributed by atoms with van der Waals surface area (Å²) in [7, 11) is 0. The first-order chi connectivity index (χ1) is 13.9. The predicted molar refractivity (Wildman–Crippen MR) is 103 cm³/mol. The quantitative estimate of drug-likeness (QED) is 0.559. The van der Waals surface area contributed by atoms with E-state index in [1.807, 2.05) is 0 Å². The molecule has 3 N–H and O–H groups in total. The highest BCUT2D eigenvalue weighted by atomic mass is 19.1. The van der Waals surface area contributed by atoms with Gasteiger partial charge in [0.05, 0.1) is 24.9 Å². The van der Waals surface area contributed by atoms with Gasteiger partial charge in [-0.05, 0) is 36.8 Å². The first kappa shape index (κ1) is 20.6. The summed E-state index contributed by atoms with van der Waals surface area (Å²) in [6.45, 7) is 1.16. The topological polar surface area (TPSA) is 100 Å². The molecule has 7 nitrogen and oxygen atoms in total. The van der Waals surface area contributed by atoms with Crippen LogP contribution in [0.4, 0.5) is 14.7 Å². The van der Waals surface area contributed by atoms with Gasteiger partial charge in [0.15, 0.2) is 0 Å². The average molecular weight is 402 g/mol. The Morgan fingerprint density at radius 2 is 1.83 bits per heavy atom. The molecule has 152 valence electrons. The summed E-state index contributed by atoms with van der Waals surface area (Å²) in [5, 5.41) is 21.8. The van der Waals surface area contributed by atoms with Crippen LogP contribution < -0.4 is 10.9 Å². The van der Waals surface area contributed by atoms with Gasteiger partial charge in [-0.25, -0.2) is 18.7 Å². The number of benzene rings is 1. The largest absolute Gasteiger partial charge is 0.394 e. The molecule has 0 aliphatic heterocycles. The molecular weight excluding hydrogens is 382 g/mol. The lowest BCUT2D eigenvalue weighted by molar-refractivity contribution is 0.246. The fourth-order valence-corrected chi connectivity index (χ4v) is 2.88. The molecule has 2 unspecified atom stereocenters. The third kappa shape index (κ3) is 4.82. The van der Waals surface area contributed by atoms with Crippen molar-refractivity contribution in [3.05, 3.63) is 76.3 Å². The minimum atomic E-state index is -0.935. The third-order valence-electron chi connectivity index (χ3n) is 4.33. The van der Waals surface area contributed by atoms with Crippen molar-refractivity contribution >= 4 is 5.95 Å². The number of halogens is 2. The minimum Gasteiger partial charge on any atom is -0.394 e. The van der Waals surface area contributed by atoms with Crippen LogP contribution in [-0.4, -0.2) is 44.0 Å². The van der Waals surface area contributed by atoms with E-state index in [9.17, 15) is 18.7 Å². The zero-order valence-electron chi connectivity index (χ0n) is 15.6. The molecule has 0 spiro atoms. The molecule has 0 aliphatic rings. The van der Waals surface area contributed by atoms with Gasteiger partial charge in [-0.1, -0.05) is 0 Å². The van der Waals surface area contributed by atoms with Crippen LogP contribution in [-0.2, 0) is 0 Å². The Balaban J connectivity index is 1.94. The molecule has 0 aliphatic carbocycles. The van der Waals surface area contributed by atoms with Crippen LogP contribution in [0.15, 0.2) is 53.6 Å². The Morgan fingerprint density at radius 3 is 2.45 bits per heavy atom. The number of aliphatic hydroxyl groups is 2. The molecule has 29 heavy (non-hydrogen) atoms. The fraction of sp³-hybridized carbons (Fsp3) is 0.250. The van der Waals surface area contributed by atoms with Crippen molar-refractivity contribution in [2.75, 3.05) is 18.5 Å². The van der Waals surface area contributed by atoms with Gasteiger partial charge in [0.1, 0.15) is 11.6 Å². The van der Waals surface area contributed by atoms with Crippen molar-refractivity contribution in [3.63, 3.8) is 0 Å². The Morgan fingerprint density at radius 1 is 1.10 bits per heavy atom. The van der Waals surface area contributed by atoms with Gasteiger partial charge >= 0.3 is 0 Å². The highest BCUT2D eigenvalue weighted by molar-refractivity contribution is 5.59. The van der Waals surface area contributed by atoms with E-state index in [-0.39, 0.29) is 18.2 Å². The number of hydrogen-bond donors (Lipinski definition) is 3. The number of nitrogens with one attached hydrogen (secondary N) is 1. The maximum Gasteiger partial charge on any atom is 0.251 e. The molecule has 0 fully saturated rings. The number of nitrogens with zero attached hydrogens (tertiary/aromatic N) is 3. The molecule has 2 heterocycles. The number of rotatable bonds is 7. The van der Waals surface area contributed by atoms with Crippen LogP contribution in [0.25, 0.3) is 11.3 Å². The van der Waals surface area contributed by atoms with E-state index in [2.05, 4.69) is 15.3 Å². The van der Waals surface area contributed by atoms with Crippen LogP contribution >= 0.6 is 0 Å². The Labute approximate surface area is 165 Å². The molecule has 2 atom stereocenters. The summed E-state index contributed by atoms with van der Waals surface area (Å²) in [6, 6.07) is 6.26. The van der Waals surface area contributed by atoms with E-state index in [4.69, 9.17) is 5.11 Å². The van der Waals surface area contributed by atoms with Gasteiger partial charge in [-0.15, -0.1) is 0 Å². The Bertz CT molecular complexity index is 1040. The average Bonchev–Trinajstić information content (AvgIpc) is 2.69. The number of aliphatic hydroxyl groups excluding tert-OH is 2. The number of pyridine rings is 1. The fourth-order valence-electron chi connectivity index (χ4n) is 2.88. The molecule has 1 aromatic carbocycles. The van der Waals surface area contributed by atoms with Gasteiger partial charge in [-0.2, -0.15) is 0 Å². The van der Waals surface area contributed by atoms with Crippen molar-refractivity contribution in [3.8, 4) is 11.3 Å². The zero-order valence-corrected chi connectivity index (χ0v) is 15.6. The van der Waals surface area contributed by atoms with E-state index in [0.29, 0.717) is 17.2 Å². The van der Waals surface area contributed by atoms with E-state index in [1.54, 1.807) is 19.1 Å². The van der Waals surface area contributed by atoms with Gasteiger partial charge in [0, 0.05) is 36.1 Å². The summed E-state index contributed by atoms with van der Waals surface area (Å²) in [6.07, 6.45) is 2.96. The lowest BCUT2D eigenvalue weighted by Crippen LogP contribution is -2.27. The summed E-state index contributed by atoms with van der Waals surface area (Å²) in [5.74, 6) is -1.28. The molecule has 0 amide bonds. The highest BCUT2D eigenvalue weighted by Gasteiger charge is 2.17. The SMILES string of the molecule is CC(CO)Nc1nccc(-c2ccn(C(CO)c3cc(F)cc(F)c3)c(=O)c2)n1. The predicted octanol–water partition coefficient (Wildman–Crippen LogP) is 1.96. The van der Waals surface area contributed by atoms with Crippen LogP contribution in [0.1, 0.15) is 18.5 Å². The standard InChI is InChI=1S/C20H20F2N4O3/c1-12(10-27)24-20-23-4-2-17(25-20)13-3-5-26(19(29)8-13)18(11-28)14-6-15(21)9-16(22)7-14/h2-9,12,18,27-28H,10-11H2,1H3,(H,23,24,25). The van der Waals surface area contributed by atoms with Crippen molar-refractivity contribution in [2.24, 2.45) is 0 Å². The third-order valence-corrected chi connectivity index (χ3v) is 4.33. The van der Waals surface area contributed by atoms with Crippen molar-refractivity contribution in [2.45, 2.75) is 19.0 Å². The molecule has 3 aromatic rings. The molecule has 9 heteroatoms. The van der Waals surface area contributed by atoms with Gasteiger partial charge in [0.2, 0.25) is 5.95 Å². The maximum absolute atomic E-state index is 13.5. The Hall–Kier alpha value is -3.17. The molecule has 0 radical (unpaired) electrons. The van der Waals surface area contributed by atoms with Gasteiger partial charge in [0.25, 0.3) is 5.56 Å². The van der Waals surface area contributed by atoms with Crippen LogP contribution in [0.5, 0.6) is 0 Å². The van der Waals surface area contributed by atoms with Gasteiger partial charge < -0.3 is 20.1 Å². The van der Waals surface area contributed by atoms with Crippen LogP contribution in [0, 0.1) is 11.6 Å². The normalized spacial score (nSPS) is 13.1. The first-order valence-corrected chi connectivity index (χ1v) is 8.91. The smallest absolute Gasteiger partial charge is 0.251 e. The monoisotopic (exact) mass is 402 g/mol.